The molecule has 0 aliphatic carbocycles. The van der Waals surface area contributed by atoms with Crippen LogP contribution in [0.1, 0.15) is 41.5 Å². The number of halogens is 2. The molecule has 0 saturated carbocycles. The average Bonchev–Trinajstić information content (AvgIpc) is 3.42. The molecule has 2 unspecified atom stereocenters. The summed E-state index contributed by atoms with van der Waals surface area (Å²) in [6.45, 7) is 5.06. The molecular weight excluding hydrogens is 505 g/mol. The molecule has 0 aliphatic rings. The molecule has 2 aromatic carbocycles. The SMILES string of the molecule is Cc1ccc(F)c(C(C)C(NS(=O)(=O)c2ccc(Cl)cc2-c2n[nH]c(=O)o2)c2n[nH]c(=O)o2)c1C. The first-order valence-corrected chi connectivity index (χ1v) is 12.0. The molecule has 184 valence electrons. The summed E-state index contributed by atoms with van der Waals surface area (Å²) in [4.78, 5) is 22.8. The van der Waals surface area contributed by atoms with E-state index in [0.29, 0.717) is 5.56 Å². The van der Waals surface area contributed by atoms with Crippen molar-refractivity contribution < 1.29 is 21.6 Å². The summed E-state index contributed by atoms with van der Waals surface area (Å²) < 4.78 is 54.4. The Morgan fingerprint density at radius 3 is 2.37 bits per heavy atom. The Hall–Kier alpha value is -3.55. The molecule has 14 heteroatoms. The van der Waals surface area contributed by atoms with Gasteiger partial charge in [-0.15, -0.1) is 10.2 Å². The summed E-state index contributed by atoms with van der Waals surface area (Å²) in [7, 11) is -4.44. The lowest BCUT2D eigenvalue weighted by atomic mass is 9.88. The number of sulfonamides is 1. The van der Waals surface area contributed by atoms with Crippen molar-refractivity contribution in [2.24, 2.45) is 0 Å². The standard InChI is InChI=1S/C21H19ClFN5O6S/c1-9-4-6-14(23)16(10(9)2)11(3)17(19-25-27-21(30)34-19)28-35(31,32)15-7-5-12(22)8-13(15)18-24-26-20(29)33-18/h4-8,11,17,28H,1-3H3,(H,26,29)(H,27,30). The average molecular weight is 524 g/mol. The predicted octanol–water partition coefficient (Wildman–Crippen LogP) is 2.94. The number of aromatic nitrogens is 4. The second kappa shape index (κ2) is 9.24. The largest absolute Gasteiger partial charge is 0.434 e. The first-order valence-electron chi connectivity index (χ1n) is 10.2. The Labute approximate surface area is 202 Å². The van der Waals surface area contributed by atoms with Crippen LogP contribution in [0, 0.1) is 19.7 Å². The second-order valence-electron chi connectivity index (χ2n) is 7.80. The number of aryl methyl sites for hydroxylation is 1. The van der Waals surface area contributed by atoms with E-state index in [1.807, 2.05) is 0 Å². The maximum absolute atomic E-state index is 14.9. The van der Waals surface area contributed by atoms with Gasteiger partial charge in [0.1, 0.15) is 11.9 Å². The topological polar surface area (TPSA) is 164 Å². The van der Waals surface area contributed by atoms with E-state index in [9.17, 15) is 22.4 Å². The quantitative estimate of drug-likeness (QED) is 0.332. The zero-order chi connectivity index (χ0) is 25.5. The monoisotopic (exact) mass is 523 g/mol. The number of aromatic amines is 2. The molecule has 2 aromatic heterocycles. The maximum Gasteiger partial charge on any atom is 0.434 e. The van der Waals surface area contributed by atoms with Gasteiger partial charge in [-0.3, -0.25) is 0 Å². The lowest BCUT2D eigenvalue weighted by Crippen LogP contribution is -2.33. The van der Waals surface area contributed by atoms with Crippen molar-refractivity contribution in [1.82, 2.24) is 25.1 Å². The van der Waals surface area contributed by atoms with Crippen molar-refractivity contribution in [3.63, 3.8) is 0 Å². The second-order valence-corrected chi connectivity index (χ2v) is 9.92. The highest BCUT2D eigenvalue weighted by molar-refractivity contribution is 7.89. The van der Waals surface area contributed by atoms with Crippen LogP contribution < -0.4 is 16.2 Å². The van der Waals surface area contributed by atoms with Gasteiger partial charge in [0.2, 0.25) is 15.9 Å². The lowest BCUT2D eigenvalue weighted by Gasteiger charge is -2.25. The molecule has 0 radical (unpaired) electrons. The smallest absolute Gasteiger partial charge is 0.391 e. The Bertz CT molecular complexity index is 1620. The highest BCUT2D eigenvalue weighted by Gasteiger charge is 2.34. The van der Waals surface area contributed by atoms with Crippen LogP contribution in [0.5, 0.6) is 0 Å². The normalized spacial score (nSPS) is 13.6. The van der Waals surface area contributed by atoms with Gasteiger partial charge >= 0.3 is 11.5 Å². The van der Waals surface area contributed by atoms with Gasteiger partial charge in [-0.25, -0.2) is 32.6 Å². The van der Waals surface area contributed by atoms with Crippen molar-refractivity contribution in [2.75, 3.05) is 0 Å². The minimum absolute atomic E-state index is 0.101. The molecule has 2 atom stereocenters. The van der Waals surface area contributed by atoms with Crippen molar-refractivity contribution in [2.45, 2.75) is 37.6 Å². The van der Waals surface area contributed by atoms with Crippen LogP contribution in [0.3, 0.4) is 0 Å². The number of hydrogen-bond donors (Lipinski definition) is 3. The molecule has 4 rings (SSSR count). The van der Waals surface area contributed by atoms with E-state index >= 15 is 0 Å². The summed E-state index contributed by atoms with van der Waals surface area (Å²) in [5, 5.41) is 11.7. The Morgan fingerprint density at radius 1 is 1.06 bits per heavy atom. The third kappa shape index (κ3) is 4.83. The van der Waals surface area contributed by atoms with E-state index in [0.717, 1.165) is 5.56 Å². The molecule has 0 fully saturated rings. The molecular formula is C21H19ClFN5O6S. The van der Waals surface area contributed by atoms with E-state index < -0.39 is 39.3 Å². The van der Waals surface area contributed by atoms with Gasteiger partial charge in [0.15, 0.2) is 0 Å². The van der Waals surface area contributed by atoms with Gasteiger partial charge in [-0.05, 0) is 54.8 Å². The maximum atomic E-state index is 14.9. The lowest BCUT2D eigenvalue weighted by molar-refractivity contribution is 0.377. The van der Waals surface area contributed by atoms with Crippen molar-refractivity contribution in [3.05, 3.63) is 84.9 Å². The van der Waals surface area contributed by atoms with E-state index in [1.54, 1.807) is 26.8 Å². The van der Waals surface area contributed by atoms with Crippen LogP contribution in [0.15, 0.2) is 53.7 Å². The number of H-pyrrole nitrogens is 2. The Morgan fingerprint density at radius 2 is 1.74 bits per heavy atom. The molecule has 0 spiro atoms. The van der Waals surface area contributed by atoms with Gasteiger partial charge in [0, 0.05) is 10.9 Å². The fraction of sp³-hybridized carbons (Fsp3) is 0.238. The van der Waals surface area contributed by atoms with Crippen molar-refractivity contribution >= 4 is 21.6 Å². The Kier molecular flexibility index (Phi) is 6.49. The molecule has 4 aromatic rings. The number of hydrogen-bond acceptors (Lipinski definition) is 8. The van der Waals surface area contributed by atoms with E-state index in [2.05, 4.69) is 25.1 Å². The molecule has 35 heavy (non-hydrogen) atoms. The number of benzene rings is 2. The summed E-state index contributed by atoms with van der Waals surface area (Å²) in [5.41, 5.74) is 1.51. The van der Waals surface area contributed by atoms with Crippen LogP contribution >= 0.6 is 11.6 Å². The summed E-state index contributed by atoms with van der Waals surface area (Å²) >= 11 is 6.03. The molecule has 0 saturated heterocycles. The zero-order valence-corrected chi connectivity index (χ0v) is 20.1. The fourth-order valence-electron chi connectivity index (χ4n) is 3.75. The highest BCUT2D eigenvalue weighted by atomic mass is 35.5. The summed E-state index contributed by atoms with van der Waals surface area (Å²) in [6, 6.07) is 5.34. The zero-order valence-electron chi connectivity index (χ0n) is 18.5. The van der Waals surface area contributed by atoms with Gasteiger partial charge < -0.3 is 8.83 Å². The molecule has 0 bridgehead atoms. The third-order valence-electron chi connectivity index (χ3n) is 5.59. The molecule has 3 N–H and O–H groups in total. The number of rotatable bonds is 7. The van der Waals surface area contributed by atoms with Gasteiger partial charge in [-0.1, -0.05) is 24.6 Å². The first-order chi connectivity index (χ1) is 16.5. The van der Waals surface area contributed by atoms with Crippen LogP contribution in [-0.4, -0.2) is 28.8 Å². The van der Waals surface area contributed by atoms with Gasteiger partial charge in [0.05, 0.1) is 10.5 Å². The van der Waals surface area contributed by atoms with E-state index in [4.69, 9.17) is 20.4 Å². The minimum Gasteiger partial charge on any atom is -0.391 e. The first kappa shape index (κ1) is 24.6. The number of nitrogens with zero attached hydrogens (tertiary/aromatic N) is 2. The van der Waals surface area contributed by atoms with Crippen LogP contribution in [0.4, 0.5) is 4.39 Å². The van der Waals surface area contributed by atoms with E-state index in [-0.39, 0.29) is 32.8 Å². The van der Waals surface area contributed by atoms with Crippen LogP contribution in [0.2, 0.25) is 5.02 Å². The predicted molar refractivity (Wildman–Crippen MR) is 122 cm³/mol. The summed E-state index contributed by atoms with van der Waals surface area (Å²) in [6.07, 6.45) is 0. The Balaban J connectivity index is 1.84. The van der Waals surface area contributed by atoms with Crippen molar-refractivity contribution in [3.8, 4) is 11.5 Å². The third-order valence-corrected chi connectivity index (χ3v) is 7.32. The van der Waals surface area contributed by atoms with E-state index in [1.165, 1.54) is 24.3 Å². The molecule has 2 heterocycles. The van der Waals surface area contributed by atoms with Gasteiger partial charge in [-0.2, -0.15) is 4.72 Å². The molecule has 0 aliphatic heterocycles. The minimum atomic E-state index is -4.44. The number of nitrogens with one attached hydrogen (secondary N) is 3. The van der Waals surface area contributed by atoms with Gasteiger partial charge in [0.25, 0.3) is 5.89 Å². The highest BCUT2D eigenvalue weighted by Crippen LogP contribution is 2.36. The van der Waals surface area contributed by atoms with Crippen LogP contribution in [0.25, 0.3) is 11.5 Å². The fourth-order valence-corrected chi connectivity index (χ4v) is 5.37. The van der Waals surface area contributed by atoms with Crippen LogP contribution in [-0.2, 0) is 10.0 Å². The summed E-state index contributed by atoms with van der Waals surface area (Å²) in [5.74, 6) is -3.85. The van der Waals surface area contributed by atoms with Crippen molar-refractivity contribution in [1.29, 1.82) is 0 Å². The molecule has 11 nitrogen and oxygen atoms in total. The molecule has 0 amide bonds.